The average Bonchev–Trinajstić information content (AvgIpc) is 3.05. The van der Waals surface area contributed by atoms with Crippen molar-refractivity contribution in [3.8, 4) is 0 Å². The number of amides is 2. The minimum absolute atomic E-state index is 0.216. The zero-order chi connectivity index (χ0) is 18.6. The average molecular weight is 377 g/mol. The maximum Gasteiger partial charge on any atom is 0.321 e. The summed E-state index contributed by atoms with van der Waals surface area (Å²) in [6, 6.07) is 7.77. The lowest BCUT2D eigenvalue weighted by molar-refractivity contribution is -0.146. The van der Waals surface area contributed by atoms with E-state index in [4.69, 9.17) is 0 Å². The van der Waals surface area contributed by atoms with Gasteiger partial charge in [0, 0.05) is 29.8 Å². The van der Waals surface area contributed by atoms with Crippen LogP contribution in [0, 0.1) is 5.41 Å². The van der Waals surface area contributed by atoms with Crippen LogP contribution in [0.25, 0.3) is 0 Å². The van der Waals surface area contributed by atoms with Gasteiger partial charge in [0.05, 0.1) is 5.41 Å². The van der Waals surface area contributed by atoms with Crippen LogP contribution in [0.1, 0.15) is 51.0 Å². The van der Waals surface area contributed by atoms with Gasteiger partial charge < -0.3 is 15.3 Å². The molecule has 0 bridgehead atoms. The third-order valence-electron chi connectivity index (χ3n) is 5.49. The molecule has 0 spiro atoms. The second-order valence-electron chi connectivity index (χ2n) is 7.74. The first-order valence-electron chi connectivity index (χ1n) is 9.46. The van der Waals surface area contributed by atoms with Crippen LogP contribution in [-0.4, -0.2) is 40.3 Å². The Morgan fingerprint density at radius 2 is 2.08 bits per heavy atom. The molecule has 1 atom stereocenters. The Labute approximate surface area is 159 Å². The molecular weight excluding hydrogens is 348 g/mol. The van der Waals surface area contributed by atoms with E-state index in [0.717, 1.165) is 16.7 Å². The van der Waals surface area contributed by atoms with Crippen molar-refractivity contribution in [3.05, 3.63) is 29.8 Å². The molecule has 1 aliphatic carbocycles. The lowest BCUT2D eigenvalue weighted by atomic mass is 9.90. The fourth-order valence-corrected chi connectivity index (χ4v) is 4.97. The van der Waals surface area contributed by atoms with Crippen molar-refractivity contribution >= 4 is 29.4 Å². The molecule has 6 heteroatoms. The van der Waals surface area contributed by atoms with Gasteiger partial charge in [-0.05, 0) is 43.9 Å². The minimum Gasteiger partial charge on any atom is -0.481 e. The van der Waals surface area contributed by atoms with E-state index < -0.39 is 11.4 Å². The predicted octanol–water partition coefficient (Wildman–Crippen LogP) is 4.58. The molecule has 2 aliphatic rings. The van der Waals surface area contributed by atoms with Gasteiger partial charge in [0.1, 0.15) is 0 Å². The SMILES string of the molecule is CC1(C(=O)O)CCN(C(=O)Nc2cccc(CSC3CCCCC3)c2)C1. The number of hydrogen-bond acceptors (Lipinski definition) is 3. The normalized spacial score (nSPS) is 23.8. The summed E-state index contributed by atoms with van der Waals surface area (Å²) in [5.74, 6) is 0.129. The van der Waals surface area contributed by atoms with Gasteiger partial charge in [0.2, 0.25) is 0 Å². The Hall–Kier alpha value is -1.69. The number of carboxylic acid groups (broad SMARTS) is 1. The standard InChI is InChI=1S/C20H28N2O3S/c1-20(18(23)24)10-11-22(14-20)19(25)21-16-7-5-6-15(12-16)13-26-17-8-3-2-4-9-17/h5-7,12,17H,2-4,8-11,13-14H2,1H3,(H,21,25)(H,23,24). The fourth-order valence-electron chi connectivity index (χ4n) is 3.70. The zero-order valence-corrected chi connectivity index (χ0v) is 16.2. The molecule has 1 saturated carbocycles. The summed E-state index contributed by atoms with van der Waals surface area (Å²) in [5, 5.41) is 13.0. The summed E-state index contributed by atoms with van der Waals surface area (Å²) < 4.78 is 0. The van der Waals surface area contributed by atoms with Gasteiger partial charge in [-0.25, -0.2) is 4.79 Å². The first-order chi connectivity index (χ1) is 12.5. The van der Waals surface area contributed by atoms with Crippen molar-refractivity contribution in [1.82, 2.24) is 4.90 Å². The molecule has 0 aromatic heterocycles. The maximum absolute atomic E-state index is 12.5. The number of anilines is 1. The summed E-state index contributed by atoms with van der Waals surface area (Å²) in [5.41, 5.74) is 1.16. The second kappa shape index (κ2) is 8.33. The Morgan fingerprint density at radius 3 is 2.77 bits per heavy atom. The number of urea groups is 1. The van der Waals surface area contributed by atoms with Crippen LogP contribution in [0.4, 0.5) is 10.5 Å². The van der Waals surface area contributed by atoms with E-state index in [1.54, 1.807) is 11.8 Å². The van der Waals surface area contributed by atoms with Crippen LogP contribution in [-0.2, 0) is 10.5 Å². The third-order valence-corrected chi connectivity index (χ3v) is 6.94. The monoisotopic (exact) mass is 376 g/mol. The molecule has 0 radical (unpaired) electrons. The molecule has 1 saturated heterocycles. The molecule has 26 heavy (non-hydrogen) atoms. The number of rotatable bonds is 5. The molecule has 2 amide bonds. The number of aliphatic carboxylic acids is 1. The van der Waals surface area contributed by atoms with Crippen LogP contribution < -0.4 is 5.32 Å². The van der Waals surface area contributed by atoms with Crippen LogP contribution in [0.5, 0.6) is 0 Å². The number of benzene rings is 1. The largest absolute Gasteiger partial charge is 0.481 e. The van der Waals surface area contributed by atoms with Crippen molar-refractivity contribution < 1.29 is 14.7 Å². The van der Waals surface area contributed by atoms with Gasteiger partial charge in [-0.15, -0.1) is 0 Å². The van der Waals surface area contributed by atoms with Gasteiger partial charge in [-0.2, -0.15) is 11.8 Å². The molecule has 1 aromatic carbocycles. The molecule has 1 aromatic rings. The predicted molar refractivity (Wildman–Crippen MR) is 106 cm³/mol. The number of carbonyl (C=O) groups is 2. The number of thioether (sulfide) groups is 1. The highest BCUT2D eigenvalue weighted by atomic mass is 32.2. The maximum atomic E-state index is 12.5. The quantitative estimate of drug-likeness (QED) is 0.789. The number of nitrogens with zero attached hydrogens (tertiary/aromatic N) is 1. The summed E-state index contributed by atoms with van der Waals surface area (Å²) >= 11 is 2.02. The lowest BCUT2D eigenvalue weighted by Crippen LogP contribution is -2.37. The summed E-state index contributed by atoms with van der Waals surface area (Å²) in [4.78, 5) is 25.4. The number of likely N-dealkylation sites (tertiary alicyclic amines) is 1. The molecule has 3 rings (SSSR count). The molecule has 5 nitrogen and oxygen atoms in total. The lowest BCUT2D eigenvalue weighted by Gasteiger charge is -2.21. The van der Waals surface area contributed by atoms with E-state index in [1.807, 2.05) is 30.0 Å². The van der Waals surface area contributed by atoms with Gasteiger partial charge in [0.15, 0.2) is 0 Å². The molecular formula is C20H28N2O3S. The van der Waals surface area contributed by atoms with Crippen LogP contribution >= 0.6 is 11.8 Å². The molecule has 2 N–H and O–H groups in total. The van der Waals surface area contributed by atoms with Gasteiger partial charge in [0.25, 0.3) is 0 Å². The minimum atomic E-state index is -0.838. The Kier molecular flexibility index (Phi) is 6.12. The molecule has 1 aliphatic heterocycles. The molecule has 2 fully saturated rings. The summed E-state index contributed by atoms with van der Waals surface area (Å²) in [7, 11) is 0. The smallest absolute Gasteiger partial charge is 0.321 e. The third kappa shape index (κ3) is 4.72. The summed E-state index contributed by atoms with van der Waals surface area (Å²) in [6.07, 6.45) is 7.19. The Balaban J connectivity index is 1.53. The van der Waals surface area contributed by atoms with E-state index in [9.17, 15) is 14.7 Å². The zero-order valence-electron chi connectivity index (χ0n) is 15.4. The molecule has 1 heterocycles. The first-order valence-corrected chi connectivity index (χ1v) is 10.5. The first kappa shape index (κ1) is 19.1. The highest BCUT2D eigenvalue weighted by Gasteiger charge is 2.42. The van der Waals surface area contributed by atoms with Crippen LogP contribution in [0.15, 0.2) is 24.3 Å². The van der Waals surface area contributed by atoms with Crippen molar-refractivity contribution in [2.45, 2.75) is 56.5 Å². The van der Waals surface area contributed by atoms with Crippen LogP contribution in [0.3, 0.4) is 0 Å². The van der Waals surface area contributed by atoms with Gasteiger partial charge >= 0.3 is 12.0 Å². The number of hydrogen-bond donors (Lipinski definition) is 2. The Bertz CT molecular complexity index is 660. The molecule has 142 valence electrons. The topological polar surface area (TPSA) is 69.6 Å². The van der Waals surface area contributed by atoms with Crippen molar-refractivity contribution in [2.24, 2.45) is 5.41 Å². The van der Waals surface area contributed by atoms with Crippen molar-refractivity contribution in [3.63, 3.8) is 0 Å². The van der Waals surface area contributed by atoms with E-state index in [2.05, 4.69) is 11.4 Å². The van der Waals surface area contributed by atoms with Crippen molar-refractivity contribution in [2.75, 3.05) is 18.4 Å². The number of carbonyl (C=O) groups excluding carboxylic acids is 1. The van der Waals surface area contributed by atoms with E-state index in [-0.39, 0.29) is 12.6 Å². The van der Waals surface area contributed by atoms with Gasteiger partial charge in [-0.3, -0.25) is 4.79 Å². The Morgan fingerprint density at radius 1 is 1.31 bits per heavy atom. The highest BCUT2D eigenvalue weighted by molar-refractivity contribution is 7.99. The van der Waals surface area contributed by atoms with Gasteiger partial charge in [-0.1, -0.05) is 31.4 Å². The van der Waals surface area contributed by atoms with Crippen LogP contribution in [0.2, 0.25) is 0 Å². The highest BCUT2D eigenvalue weighted by Crippen LogP contribution is 2.32. The van der Waals surface area contributed by atoms with E-state index >= 15 is 0 Å². The molecule has 1 unspecified atom stereocenters. The number of nitrogens with one attached hydrogen (secondary N) is 1. The summed E-state index contributed by atoms with van der Waals surface area (Å²) in [6.45, 7) is 2.43. The number of carboxylic acids is 1. The van der Waals surface area contributed by atoms with Crippen molar-refractivity contribution in [1.29, 1.82) is 0 Å². The fraction of sp³-hybridized carbons (Fsp3) is 0.600. The second-order valence-corrected chi connectivity index (χ2v) is 9.03. The van der Waals surface area contributed by atoms with E-state index in [0.29, 0.717) is 13.0 Å². The van der Waals surface area contributed by atoms with E-state index in [1.165, 1.54) is 37.7 Å².